The van der Waals surface area contributed by atoms with Gasteiger partial charge in [0.2, 0.25) is 0 Å². The van der Waals surface area contributed by atoms with Gasteiger partial charge in [0.1, 0.15) is 5.75 Å². The van der Waals surface area contributed by atoms with Crippen LogP contribution in [0.5, 0.6) is 5.75 Å². The Labute approximate surface area is 177 Å². The molecule has 1 saturated heterocycles. The number of carbonyl (C=O) groups excluding carboxylic acids is 1. The van der Waals surface area contributed by atoms with Crippen LogP contribution in [-0.4, -0.2) is 40.7 Å². The third-order valence-corrected chi connectivity index (χ3v) is 6.79. The Morgan fingerprint density at radius 1 is 1.13 bits per heavy atom. The maximum Gasteiger partial charge on any atom is 0.340 e. The van der Waals surface area contributed by atoms with E-state index in [4.69, 9.17) is 9.47 Å². The number of fused-ring (bicyclic) bond motifs is 1. The number of nitrogens with one attached hydrogen (secondary N) is 1. The zero-order valence-corrected chi connectivity index (χ0v) is 17.8. The van der Waals surface area contributed by atoms with E-state index < -0.39 is 16.0 Å². The number of nitrogens with zero attached hydrogens (tertiary/aromatic N) is 1. The van der Waals surface area contributed by atoms with Crippen molar-refractivity contribution in [3.63, 3.8) is 0 Å². The van der Waals surface area contributed by atoms with Crippen molar-refractivity contribution < 1.29 is 22.7 Å². The molecule has 2 aliphatic rings. The van der Waals surface area contributed by atoms with E-state index in [0.717, 1.165) is 42.9 Å². The molecule has 0 spiro atoms. The average molecular weight is 431 g/mol. The molecule has 1 N–H and O–H groups in total. The second-order valence-electron chi connectivity index (χ2n) is 7.47. The lowest BCUT2D eigenvalue weighted by Crippen LogP contribution is -2.31. The third-order valence-electron chi connectivity index (χ3n) is 5.41. The van der Waals surface area contributed by atoms with Gasteiger partial charge in [-0.1, -0.05) is 0 Å². The number of rotatable bonds is 6. The monoisotopic (exact) mass is 430 g/mol. The van der Waals surface area contributed by atoms with Crippen LogP contribution in [0.4, 0.5) is 11.4 Å². The van der Waals surface area contributed by atoms with E-state index in [1.54, 1.807) is 37.3 Å². The van der Waals surface area contributed by atoms with Gasteiger partial charge in [0, 0.05) is 25.2 Å². The van der Waals surface area contributed by atoms with Crippen LogP contribution in [0, 0.1) is 0 Å². The second kappa shape index (κ2) is 8.55. The van der Waals surface area contributed by atoms with E-state index in [0.29, 0.717) is 24.3 Å². The molecule has 2 aromatic rings. The number of ether oxygens (including phenoxy) is 2. The highest BCUT2D eigenvalue weighted by Crippen LogP contribution is 2.31. The highest BCUT2D eigenvalue weighted by molar-refractivity contribution is 7.92. The van der Waals surface area contributed by atoms with Gasteiger partial charge >= 0.3 is 5.97 Å². The molecule has 0 aromatic heterocycles. The maximum absolute atomic E-state index is 12.9. The van der Waals surface area contributed by atoms with Crippen molar-refractivity contribution in [2.24, 2.45) is 0 Å². The number of carbonyl (C=O) groups is 1. The van der Waals surface area contributed by atoms with Crippen molar-refractivity contribution in [1.29, 1.82) is 0 Å². The molecular weight excluding hydrogens is 404 g/mol. The molecule has 7 nitrogen and oxygen atoms in total. The summed E-state index contributed by atoms with van der Waals surface area (Å²) in [6.45, 7) is 4.31. The molecule has 2 aliphatic heterocycles. The summed E-state index contributed by atoms with van der Waals surface area (Å²) in [6, 6.07) is 9.91. The van der Waals surface area contributed by atoms with Crippen molar-refractivity contribution in [2.45, 2.75) is 37.5 Å². The largest absolute Gasteiger partial charge is 0.493 e. The van der Waals surface area contributed by atoms with E-state index in [1.165, 1.54) is 12.5 Å². The molecule has 0 radical (unpaired) electrons. The molecule has 0 aliphatic carbocycles. The molecule has 2 aromatic carbocycles. The van der Waals surface area contributed by atoms with Crippen LogP contribution in [0.25, 0.3) is 0 Å². The van der Waals surface area contributed by atoms with Crippen molar-refractivity contribution in [3.8, 4) is 5.75 Å². The highest BCUT2D eigenvalue weighted by Gasteiger charge is 2.23. The molecule has 4 rings (SSSR count). The first kappa shape index (κ1) is 20.5. The molecule has 160 valence electrons. The fourth-order valence-corrected chi connectivity index (χ4v) is 5.03. The molecule has 1 fully saturated rings. The predicted molar refractivity (Wildman–Crippen MR) is 115 cm³/mol. The van der Waals surface area contributed by atoms with Crippen LogP contribution < -0.4 is 14.4 Å². The van der Waals surface area contributed by atoms with Crippen molar-refractivity contribution in [2.75, 3.05) is 35.9 Å². The highest BCUT2D eigenvalue weighted by atomic mass is 32.2. The maximum atomic E-state index is 12.9. The van der Waals surface area contributed by atoms with Crippen LogP contribution in [0.3, 0.4) is 0 Å². The number of piperidine rings is 1. The van der Waals surface area contributed by atoms with Crippen LogP contribution in [0.1, 0.15) is 42.1 Å². The normalized spacial score (nSPS) is 16.0. The summed E-state index contributed by atoms with van der Waals surface area (Å²) < 4.78 is 39.1. The molecule has 0 atom stereocenters. The minimum Gasteiger partial charge on any atom is -0.493 e. The number of hydrogen-bond acceptors (Lipinski definition) is 6. The number of esters is 1. The van der Waals surface area contributed by atoms with Gasteiger partial charge in [-0.15, -0.1) is 0 Å². The quantitative estimate of drug-likeness (QED) is 0.705. The lowest BCUT2D eigenvalue weighted by molar-refractivity contribution is 0.0527. The zero-order chi connectivity index (χ0) is 21.1. The minimum atomic E-state index is -3.80. The number of benzene rings is 2. The molecule has 0 unspecified atom stereocenters. The van der Waals surface area contributed by atoms with Crippen molar-refractivity contribution in [3.05, 3.63) is 47.5 Å². The summed E-state index contributed by atoms with van der Waals surface area (Å²) in [6.07, 6.45) is 4.00. The van der Waals surface area contributed by atoms with Gasteiger partial charge in [0.25, 0.3) is 10.0 Å². The Bertz CT molecular complexity index is 1050. The summed E-state index contributed by atoms with van der Waals surface area (Å²) >= 11 is 0. The molecule has 0 amide bonds. The number of anilines is 2. The van der Waals surface area contributed by atoms with Crippen LogP contribution in [0.2, 0.25) is 0 Å². The van der Waals surface area contributed by atoms with Crippen LogP contribution >= 0.6 is 0 Å². The Morgan fingerprint density at radius 3 is 2.70 bits per heavy atom. The predicted octanol–water partition coefficient (Wildman–Crippen LogP) is 3.59. The molecule has 30 heavy (non-hydrogen) atoms. The van der Waals surface area contributed by atoms with E-state index in [1.807, 2.05) is 0 Å². The topological polar surface area (TPSA) is 84.9 Å². The van der Waals surface area contributed by atoms with Gasteiger partial charge in [-0.2, -0.15) is 0 Å². The van der Waals surface area contributed by atoms with Crippen LogP contribution in [0.15, 0.2) is 41.3 Å². The lowest BCUT2D eigenvalue weighted by Gasteiger charge is -2.30. The van der Waals surface area contributed by atoms with Gasteiger partial charge in [-0.3, -0.25) is 4.72 Å². The van der Waals surface area contributed by atoms with Gasteiger partial charge < -0.3 is 14.4 Å². The first-order valence-corrected chi connectivity index (χ1v) is 11.8. The van der Waals surface area contributed by atoms with E-state index in [-0.39, 0.29) is 11.5 Å². The lowest BCUT2D eigenvalue weighted by atomic mass is 10.1. The smallest absolute Gasteiger partial charge is 0.340 e. The zero-order valence-electron chi connectivity index (χ0n) is 17.0. The standard InChI is InChI=1S/C22H26N2O5S/c1-2-28-22(25)19-15-17(6-8-20(19)24-11-4-3-5-12-24)23-30(26,27)18-7-9-21-16(14-18)10-13-29-21/h6-9,14-15,23H,2-5,10-13H2,1H3. The first-order valence-electron chi connectivity index (χ1n) is 10.3. The minimum absolute atomic E-state index is 0.171. The summed E-state index contributed by atoms with van der Waals surface area (Å²) in [5.41, 5.74) is 2.37. The summed E-state index contributed by atoms with van der Waals surface area (Å²) in [5, 5.41) is 0. The summed E-state index contributed by atoms with van der Waals surface area (Å²) in [7, 11) is -3.80. The average Bonchev–Trinajstić information content (AvgIpc) is 3.22. The van der Waals surface area contributed by atoms with Gasteiger partial charge in [-0.05, 0) is 68.1 Å². The Kier molecular flexibility index (Phi) is 5.85. The van der Waals surface area contributed by atoms with E-state index in [2.05, 4.69) is 9.62 Å². The molecule has 0 saturated carbocycles. The SMILES string of the molecule is CCOC(=O)c1cc(NS(=O)(=O)c2ccc3c(c2)CCO3)ccc1N1CCCCC1. The Morgan fingerprint density at radius 2 is 1.93 bits per heavy atom. The third kappa shape index (κ3) is 4.23. The Hall–Kier alpha value is -2.74. The number of sulfonamides is 1. The molecular formula is C22H26N2O5S. The summed E-state index contributed by atoms with van der Waals surface area (Å²) in [4.78, 5) is 14.9. The van der Waals surface area contributed by atoms with E-state index >= 15 is 0 Å². The first-order chi connectivity index (χ1) is 14.5. The number of hydrogen-bond donors (Lipinski definition) is 1. The molecule has 2 heterocycles. The second-order valence-corrected chi connectivity index (χ2v) is 9.16. The molecule has 0 bridgehead atoms. The van der Waals surface area contributed by atoms with Crippen molar-refractivity contribution in [1.82, 2.24) is 0 Å². The van der Waals surface area contributed by atoms with Gasteiger partial charge in [0.15, 0.2) is 0 Å². The Balaban J connectivity index is 1.63. The van der Waals surface area contributed by atoms with Gasteiger partial charge in [0.05, 0.1) is 29.4 Å². The fraction of sp³-hybridized carbons (Fsp3) is 0.409. The molecule has 8 heteroatoms. The van der Waals surface area contributed by atoms with Crippen molar-refractivity contribution >= 4 is 27.4 Å². The van der Waals surface area contributed by atoms with Crippen LogP contribution in [-0.2, 0) is 21.2 Å². The summed E-state index contributed by atoms with van der Waals surface area (Å²) in [5.74, 6) is 0.276. The fourth-order valence-electron chi connectivity index (χ4n) is 3.93. The van der Waals surface area contributed by atoms with E-state index in [9.17, 15) is 13.2 Å². The van der Waals surface area contributed by atoms with Gasteiger partial charge in [-0.25, -0.2) is 13.2 Å².